The first kappa shape index (κ1) is 9.68. The lowest BCUT2D eigenvalue weighted by atomic mass is 9.52. The molecule has 0 saturated heterocycles. The molecule has 0 N–H and O–H groups in total. The Morgan fingerprint density at radius 1 is 0.923 bits per heavy atom. The topological polar surface area (TPSA) is 0 Å². The maximum absolute atomic E-state index is 6.26. The molecule has 0 aromatic carbocycles. The van der Waals surface area contributed by atoms with Crippen LogP contribution in [0.2, 0.25) is 11.6 Å². The Labute approximate surface area is 84.7 Å². The minimum Gasteiger partial charge on any atom is -0.0769 e. The van der Waals surface area contributed by atoms with Crippen LogP contribution < -0.4 is 0 Å². The van der Waals surface area contributed by atoms with Crippen LogP contribution in [0.15, 0.2) is 0 Å². The van der Waals surface area contributed by atoms with Crippen LogP contribution in [0, 0.1) is 11.8 Å². The van der Waals surface area contributed by atoms with Crippen molar-refractivity contribution in [2.45, 2.75) is 56.6 Å². The van der Waals surface area contributed by atoms with Gasteiger partial charge in [0.15, 0.2) is 0 Å². The summed E-state index contributed by atoms with van der Waals surface area (Å²) in [6, 6.07) is 0. The van der Waals surface area contributed by atoms with E-state index in [0.717, 1.165) is 11.8 Å². The first-order chi connectivity index (χ1) is 6.27. The van der Waals surface area contributed by atoms with Gasteiger partial charge in [0.2, 0.25) is 0 Å². The molecule has 13 heavy (non-hydrogen) atoms. The maximum atomic E-state index is 6.26. The van der Waals surface area contributed by atoms with Crippen LogP contribution >= 0.6 is 0 Å². The van der Waals surface area contributed by atoms with E-state index in [4.69, 9.17) is 15.7 Å². The van der Waals surface area contributed by atoms with Gasteiger partial charge in [-0.2, -0.15) is 0 Å². The van der Waals surface area contributed by atoms with E-state index in [1.54, 1.807) is 0 Å². The van der Waals surface area contributed by atoms with Gasteiger partial charge in [-0.15, -0.1) is 0 Å². The summed E-state index contributed by atoms with van der Waals surface area (Å²) in [5, 5.41) is 0. The third-order valence-corrected chi connectivity index (χ3v) is 3.95. The molecule has 0 bridgehead atoms. The van der Waals surface area contributed by atoms with Crippen molar-refractivity contribution in [1.82, 2.24) is 0 Å². The van der Waals surface area contributed by atoms with Gasteiger partial charge < -0.3 is 0 Å². The SMILES string of the molecule is [B]C1CC(C([B])C2CCCCC2)C1. The highest BCUT2D eigenvalue weighted by atomic mass is 14.4. The molecule has 1 atom stereocenters. The van der Waals surface area contributed by atoms with Gasteiger partial charge in [-0.3, -0.25) is 0 Å². The van der Waals surface area contributed by atoms with Crippen molar-refractivity contribution in [3.63, 3.8) is 0 Å². The Kier molecular flexibility index (Phi) is 3.06. The fourth-order valence-electron chi connectivity index (χ4n) is 2.93. The van der Waals surface area contributed by atoms with Crippen LogP contribution in [0.1, 0.15) is 44.9 Å². The van der Waals surface area contributed by atoms with Crippen LogP contribution in [0.5, 0.6) is 0 Å². The summed E-state index contributed by atoms with van der Waals surface area (Å²) in [5.74, 6) is 2.48. The molecule has 0 amide bonds. The predicted octanol–water partition coefficient (Wildman–Crippen LogP) is 2.89. The molecule has 0 aliphatic heterocycles. The Bertz CT molecular complexity index is 157. The van der Waals surface area contributed by atoms with E-state index in [9.17, 15) is 0 Å². The molecule has 0 nitrogen and oxygen atoms in total. The summed E-state index contributed by atoms with van der Waals surface area (Å²) in [6.45, 7) is 0. The quantitative estimate of drug-likeness (QED) is 0.561. The summed E-state index contributed by atoms with van der Waals surface area (Å²) < 4.78 is 0. The molecule has 0 heterocycles. The van der Waals surface area contributed by atoms with Gasteiger partial charge in [0, 0.05) is 0 Å². The van der Waals surface area contributed by atoms with Crippen LogP contribution in [-0.2, 0) is 0 Å². The fourth-order valence-corrected chi connectivity index (χ4v) is 2.93. The fraction of sp³-hybridized carbons (Fsp3) is 1.00. The number of rotatable bonds is 2. The molecule has 2 rings (SSSR count). The number of hydrogen-bond donors (Lipinski definition) is 0. The monoisotopic (exact) mass is 172 g/mol. The first-order valence-corrected chi connectivity index (χ1v) is 5.78. The van der Waals surface area contributed by atoms with Gasteiger partial charge >= 0.3 is 0 Å². The molecular weight excluding hydrogens is 154 g/mol. The Morgan fingerprint density at radius 2 is 1.54 bits per heavy atom. The molecule has 2 fully saturated rings. The molecule has 0 spiro atoms. The van der Waals surface area contributed by atoms with Gasteiger partial charge in [-0.05, 0) is 11.8 Å². The minimum atomic E-state index is 0.458. The van der Waals surface area contributed by atoms with Crippen LogP contribution in [0.4, 0.5) is 0 Å². The van der Waals surface area contributed by atoms with Gasteiger partial charge in [0.25, 0.3) is 0 Å². The molecule has 4 radical (unpaired) electrons. The zero-order chi connectivity index (χ0) is 9.26. The number of hydrogen-bond acceptors (Lipinski definition) is 0. The van der Waals surface area contributed by atoms with E-state index >= 15 is 0 Å². The molecule has 1 unspecified atom stereocenters. The molecule has 68 valence electrons. The zero-order valence-electron chi connectivity index (χ0n) is 8.41. The highest BCUT2D eigenvalue weighted by molar-refractivity contribution is 6.14. The Balaban J connectivity index is 1.78. The molecule has 2 aliphatic rings. The van der Waals surface area contributed by atoms with E-state index in [1.807, 2.05) is 0 Å². The third kappa shape index (κ3) is 2.14. The summed E-state index contributed by atoms with van der Waals surface area (Å²) in [4.78, 5) is 0. The summed E-state index contributed by atoms with van der Waals surface area (Å²) in [5.41, 5.74) is 0. The first-order valence-electron chi connectivity index (χ1n) is 5.78. The highest BCUT2D eigenvalue weighted by Gasteiger charge is 2.33. The molecule has 0 aromatic rings. The highest BCUT2D eigenvalue weighted by Crippen LogP contribution is 2.48. The molecule has 2 aliphatic carbocycles. The Morgan fingerprint density at radius 3 is 2.08 bits per heavy atom. The maximum Gasteiger partial charge on any atom is 0.0707 e. The van der Waals surface area contributed by atoms with Gasteiger partial charge in [-0.25, -0.2) is 0 Å². The second-order valence-corrected chi connectivity index (χ2v) is 4.97. The summed E-state index contributed by atoms with van der Waals surface area (Å²) in [7, 11) is 12.0. The minimum absolute atomic E-state index is 0.458. The predicted molar refractivity (Wildman–Crippen MR) is 58.3 cm³/mol. The Hall–Kier alpha value is 0.130. The van der Waals surface area contributed by atoms with Gasteiger partial charge in [0.05, 0.1) is 15.7 Å². The molecule has 2 saturated carbocycles. The lowest BCUT2D eigenvalue weighted by Crippen LogP contribution is -2.29. The standard InChI is InChI=1S/C11H18B2/c12-10-6-9(7-10)11(13)8-4-2-1-3-5-8/h8-11H,1-7H2. The largest absolute Gasteiger partial charge is 0.0769 e. The zero-order valence-corrected chi connectivity index (χ0v) is 8.41. The third-order valence-electron chi connectivity index (χ3n) is 3.95. The van der Waals surface area contributed by atoms with Crippen LogP contribution in [0.25, 0.3) is 0 Å². The second kappa shape index (κ2) is 4.11. The lowest BCUT2D eigenvalue weighted by molar-refractivity contribution is 0.218. The van der Waals surface area contributed by atoms with E-state index in [1.165, 1.54) is 44.9 Å². The van der Waals surface area contributed by atoms with Crippen molar-refractivity contribution in [1.29, 1.82) is 0 Å². The van der Waals surface area contributed by atoms with Crippen molar-refractivity contribution in [3.05, 3.63) is 0 Å². The van der Waals surface area contributed by atoms with Crippen molar-refractivity contribution < 1.29 is 0 Å². The lowest BCUT2D eigenvalue weighted by Gasteiger charge is -2.42. The van der Waals surface area contributed by atoms with Gasteiger partial charge in [-0.1, -0.05) is 56.6 Å². The van der Waals surface area contributed by atoms with E-state index in [2.05, 4.69) is 0 Å². The van der Waals surface area contributed by atoms with Crippen molar-refractivity contribution in [3.8, 4) is 0 Å². The van der Waals surface area contributed by atoms with E-state index in [-0.39, 0.29) is 0 Å². The summed E-state index contributed by atoms with van der Waals surface area (Å²) >= 11 is 0. The molecule has 2 heteroatoms. The second-order valence-electron chi connectivity index (χ2n) is 4.97. The smallest absolute Gasteiger partial charge is 0.0707 e. The molecular formula is C11H18B2. The van der Waals surface area contributed by atoms with Crippen molar-refractivity contribution in [2.75, 3.05) is 0 Å². The van der Waals surface area contributed by atoms with E-state index in [0.29, 0.717) is 11.6 Å². The van der Waals surface area contributed by atoms with Gasteiger partial charge in [0.1, 0.15) is 0 Å². The van der Waals surface area contributed by atoms with Crippen molar-refractivity contribution in [2.24, 2.45) is 11.8 Å². The molecule has 0 aromatic heterocycles. The average molecular weight is 172 g/mol. The van der Waals surface area contributed by atoms with Crippen molar-refractivity contribution >= 4 is 15.7 Å². The van der Waals surface area contributed by atoms with Crippen LogP contribution in [-0.4, -0.2) is 15.7 Å². The average Bonchev–Trinajstić information content (AvgIpc) is 2.13. The van der Waals surface area contributed by atoms with Crippen LogP contribution in [0.3, 0.4) is 0 Å². The summed E-state index contributed by atoms with van der Waals surface area (Å²) in [6.07, 6.45) is 9.32. The normalized spacial score (nSPS) is 38.2. The van der Waals surface area contributed by atoms with E-state index < -0.39 is 0 Å².